The van der Waals surface area contributed by atoms with Gasteiger partial charge in [-0.2, -0.15) is 0 Å². The number of carbonyl (C=O) groups is 2. The number of rotatable bonds is 3. The first-order valence-corrected chi connectivity index (χ1v) is 8.00. The molecule has 0 radical (unpaired) electrons. The molecule has 0 bridgehead atoms. The Morgan fingerprint density at radius 1 is 1.12 bits per heavy atom. The summed E-state index contributed by atoms with van der Waals surface area (Å²) in [5.41, 5.74) is 2.76. The summed E-state index contributed by atoms with van der Waals surface area (Å²) in [5.74, 6) is 1.12. The van der Waals surface area contributed by atoms with Crippen molar-refractivity contribution in [2.45, 2.75) is 46.7 Å². The highest BCUT2D eigenvalue weighted by Gasteiger charge is 2.50. The van der Waals surface area contributed by atoms with Crippen molar-refractivity contribution in [3.63, 3.8) is 0 Å². The zero-order chi connectivity index (χ0) is 17.6. The zero-order valence-corrected chi connectivity index (χ0v) is 14.7. The van der Waals surface area contributed by atoms with Gasteiger partial charge in [0.2, 0.25) is 0 Å². The molecular formula is C19H22N2O3. The van der Waals surface area contributed by atoms with E-state index in [2.05, 4.69) is 5.32 Å². The first-order valence-electron chi connectivity index (χ1n) is 8.00. The van der Waals surface area contributed by atoms with Gasteiger partial charge in [-0.3, -0.25) is 9.69 Å². The molecule has 0 spiro atoms. The molecule has 126 valence electrons. The molecule has 1 N–H and O–H groups in total. The normalized spacial score (nSPS) is 20.6. The minimum absolute atomic E-state index is 0.252. The van der Waals surface area contributed by atoms with Crippen molar-refractivity contribution >= 4 is 11.9 Å². The highest BCUT2D eigenvalue weighted by Crippen LogP contribution is 2.33. The van der Waals surface area contributed by atoms with Crippen molar-refractivity contribution in [2.24, 2.45) is 0 Å². The Kier molecular flexibility index (Phi) is 3.74. The van der Waals surface area contributed by atoms with Crippen molar-refractivity contribution in [1.82, 2.24) is 10.2 Å². The Morgan fingerprint density at radius 3 is 2.46 bits per heavy atom. The standard InChI is InChI=1S/C19H22N2O3/c1-11-6-7-12(2)15(8-11)10-21-17(22)19(5,20-18(21)23)16-9-13(3)24-14(16)4/h6-9H,10H2,1-5H3,(H,20,23). The van der Waals surface area contributed by atoms with Gasteiger partial charge in [-0.25, -0.2) is 4.79 Å². The number of urea groups is 1. The molecule has 0 saturated carbocycles. The fourth-order valence-corrected chi connectivity index (χ4v) is 3.29. The van der Waals surface area contributed by atoms with Gasteiger partial charge in [0, 0.05) is 5.56 Å². The zero-order valence-electron chi connectivity index (χ0n) is 14.7. The molecule has 1 aliphatic rings. The second-order valence-electron chi connectivity index (χ2n) is 6.70. The predicted molar refractivity (Wildman–Crippen MR) is 90.5 cm³/mol. The summed E-state index contributed by atoms with van der Waals surface area (Å²) >= 11 is 0. The second kappa shape index (κ2) is 5.51. The van der Waals surface area contributed by atoms with E-state index in [9.17, 15) is 9.59 Å². The van der Waals surface area contributed by atoms with Gasteiger partial charge in [0.05, 0.1) is 6.54 Å². The average Bonchev–Trinajstić information content (AvgIpc) is 2.95. The number of carbonyl (C=O) groups excluding carboxylic acids is 2. The molecule has 1 fully saturated rings. The molecule has 1 unspecified atom stereocenters. The number of aryl methyl sites for hydroxylation is 4. The van der Waals surface area contributed by atoms with E-state index >= 15 is 0 Å². The lowest BCUT2D eigenvalue weighted by Crippen LogP contribution is -2.41. The molecule has 1 aromatic carbocycles. The van der Waals surface area contributed by atoms with Crippen LogP contribution in [0.3, 0.4) is 0 Å². The summed E-state index contributed by atoms with van der Waals surface area (Å²) < 4.78 is 5.54. The van der Waals surface area contributed by atoms with E-state index < -0.39 is 5.54 Å². The van der Waals surface area contributed by atoms with Crippen molar-refractivity contribution in [3.8, 4) is 0 Å². The van der Waals surface area contributed by atoms with Crippen LogP contribution in [0.1, 0.15) is 40.7 Å². The van der Waals surface area contributed by atoms with Crippen LogP contribution in [0.15, 0.2) is 28.7 Å². The summed E-state index contributed by atoms with van der Waals surface area (Å²) in [6.45, 7) is 9.61. The highest BCUT2D eigenvalue weighted by molar-refractivity contribution is 6.07. The Labute approximate surface area is 141 Å². The van der Waals surface area contributed by atoms with Gasteiger partial charge in [0.15, 0.2) is 0 Å². The van der Waals surface area contributed by atoms with Gasteiger partial charge < -0.3 is 9.73 Å². The lowest BCUT2D eigenvalue weighted by molar-refractivity contribution is -0.131. The van der Waals surface area contributed by atoms with Crippen LogP contribution in [-0.2, 0) is 16.9 Å². The predicted octanol–water partition coefficient (Wildman–Crippen LogP) is 3.48. The Balaban J connectivity index is 1.95. The average molecular weight is 326 g/mol. The number of nitrogens with zero attached hydrogens (tertiary/aromatic N) is 1. The number of imide groups is 1. The first kappa shape index (κ1) is 16.3. The maximum absolute atomic E-state index is 13.0. The van der Waals surface area contributed by atoms with E-state index in [1.807, 2.05) is 45.0 Å². The monoisotopic (exact) mass is 326 g/mol. The van der Waals surface area contributed by atoms with Crippen LogP contribution in [0.25, 0.3) is 0 Å². The molecule has 1 atom stereocenters. The van der Waals surface area contributed by atoms with Crippen molar-refractivity contribution in [1.29, 1.82) is 0 Å². The topological polar surface area (TPSA) is 62.6 Å². The number of benzene rings is 1. The third-order valence-electron chi connectivity index (χ3n) is 4.69. The van der Waals surface area contributed by atoms with E-state index in [-0.39, 0.29) is 18.5 Å². The van der Waals surface area contributed by atoms with Crippen LogP contribution >= 0.6 is 0 Å². The van der Waals surface area contributed by atoms with Gasteiger partial charge in [-0.05, 0) is 51.8 Å². The Hall–Kier alpha value is -2.56. The summed E-state index contributed by atoms with van der Waals surface area (Å²) in [6.07, 6.45) is 0. The summed E-state index contributed by atoms with van der Waals surface area (Å²) in [7, 11) is 0. The maximum Gasteiger partial charge on any atom is 0.325 e. The molecule has 2 aromatic rings. The van der Waals surface area contributed by atoms with E-state index in [0.717, 1.165) is 22.5 Å². The van der Waals surface area contributed by atoms with Crippen molar-refractivity contribution in [3.05, 3.63) is 58.0 Å². The molecule has 3 rings (SSSR count). The summed E-state index contributed by atoms with van der Waals surface area (Å²) in [4.78, 5) is 26.7. The lowest BCUT2D eigenvalue weighted by atomic mass is 9.92. The van der Waals surface area contributed by atoms with Crippen LogP contribution in [0.4, 0.5) is 4.79 Å². The van der Waals surface area contributed by atoms with Gasteiger partial charge in [-0.15, -0.1) is 0 Å². The van der Waals surface area contributed by atoms with Gasteiger partial charge in [0.25, 0.3) is 5.91 Å². The van der Waals surface area contributed by atoms with E-state index in [0.29, 0.717) is 11.3 Å². The molecule has 24 heavy (non-hydrogen) atoms. The first-order chi connectivity index (χ1) is 11.2. The van der Waals surface area contributed by atoms with Crippen molar-refractivity contribution in [2.75, 3.05) is 0 Å². The fraction of sp³-hybridized carbons (Fsp3) is 0.368. The SMILES string of the molecule is Cc1ccc(C)c(CN2C(=O)NC(C)(c3cc(C)oc3C)C2=O)c1. The number of nitrogens with one attached hydrogen (secondary N) is 1. The number of amides is 3. The Bertz CT molecular complexity index is 837. The Morgan fingerprint density at radius 2 is 1.83 bits per heavy atom. The van der Waals surface area contributed by atoms with Crippen LogP contribution in [0.5, 0.6) is 0 Å². The minimum Gasteiger partial charge on any atom is -0.466 e. The number of hydrogen-bond acceptors (Lipinski definition) is 3. The second-order valence-corrected chi connectivity index (χ2v) is 6.70. The summed E-state index contributed by atoms with van der Waals surface area (Å²) in [6, 6.07) is 7.48. The molecule has 3 amide bonds. The van der Waals surface area contributed by atoms with Gasteiger partial charge in [-0.1, -0.05) is 23.8 Å². The number of hydrogen-bond donors (Lipinski definition) is 1. The smallest absolute Gasteiger partial charge is 0.325 e. The molecule has 5 nitrogen and oxygen atoms in total. The fourth-order valence-electron chi connectivity index (χ4n) is 3.29. The van der Waals surface area contributed by atoms with E-state index in [1.165, 1.54) is 4.90 Å². The molecule has 5 heteroatoms. The third kappa shape index (κ3) is 2.50. The lowest BCUT2D eigenvalue weighted by Gasteiger charge is -2.21. The van der Waals surface area contributed by atoms with Gasteiger partial charge in [0.1, 0.15) is 17.1 Å². The van der Waals surface area contributed by atoms with E-state index in [4.69, 9.17) is 4.42 Å². The maximum atomic E-state index is 13.0. The van der Waals surface area contributed by atoms with Crippen molar-refractivity contribution < 1.29 is 14.0 Å². The molecule has 1 aromatic heterocycles. The molecule has 2 heterocycles. The van der Waals surface area contributed by atoms with E-state index in [1.54, 1.807) is 13.8 Å². The van der Waals surface area contributed by atoms with Crippen LogP contribution in [0.2, 0.25) is 0 Å². The quantitative estimate of drug-likeness (QED) is 0.878. The van der Waals surface area contributed by atoms with Crippen LogP contribution in [0, 0.1) is 27.7 Å². The number of furan rings is 1. The molecule has 1 saturated heterocycles. The highest BCUT2D eigenvalue weighted by atomic mass is 16.3. The largest absolute Gasteiger partial charge is 0.466 e. The van der Waals surface area contributed by atoms with Crippen LogP contribution in [-0.4, -0.2) is 16.8 Å². The minimum atomic E-state index is -1.09. The third-order valence-corrected chi connectivity index (χ3v) is 4.69. The summed E-state index contributed by atoms with van der Waals surface area (Å²) in [5, 5.41) is 2.83. The van der Waals surface area contributed by atoms with Crippen LogP contribution < -0.4 is 5.32 Å². The molecule has 1 aliphatic heterocycles. The molecule has 0 aliphatic carbocycles. The van der Waals surface area contributed by atoms with Gasteiger partial charge >= 0.3 is 6.03 Å². The molecular weight excluding hydrogens is 304 g/mol.